The summed E-state index contributed by atoms with van der Waals surface area (Å²) in [6.45, 7) is 1.95. The largest absolute Gasteiger partial charge is 0.323 e. The van der Waals surface area contributed by atoms with E-state index >= 15 is 0 Å². The highest BCUT2D eigenvalue weighted by Crippen LogP contribution is 2.33. The van der Waals surface area contributed by atoms with Gasteiger partial charge >= 0.3 is 0 Å². The lowest BCUT2D eigenvalue weighted by Gasteiger charge is -2.17. The van der Waals surface area contributed by atoms with Crippen LogP contribution >= 0.6 is 23.4 Å². The van der Waals surface area contributed by atoms with Crippen molar-refractivity contribution in [2.45, 2.75) is 29.2 Å². The Balaban J connectivity index is 1.79. The molecule has 1 N–H and O–H groups in total. The Hall–Kier alpha value is -2.24. The molecule has 0 spiro atoms. The van der Waals surface area contributed by atoms with Gasteiger partial charge in [-0.3, -0.25) is 9.48 Å². The van der Waals surface area contributed by atoms with E-state index in [-0.39, 0.29) is 5.91 Å². The molecule has 6 heteroatoms. The van der Waals surface area contributed by atoms with Crippen LogP contribution in [0.3, 0.4) is 0 Å². The molecule has 1 unspecified atom stereocenters. The first-order chi connectivity index (χ1) is 12.2. The van der Waals surface area contributed by atoms with E-state index in [9.17, 15) is 4.79 Å². The number of hydrogen-bond donors (Lipinski definition) is 1. The molecule has 0 bridgehead atoms. The fraction of sp³-hybridized carbons (Fsp3) is 0.158. The topological polar surface area (TPSA) is 46.9 Å². The number of carbonyl (C=O) groups excluding carboxylic acids is 1. The van der Waals surface area contributed by atoms with E-state index in [1.807, 2.05) is 61.5 Å². The predicted molar refractivity (Wildman–Crippen MR) is 102 cm³/mol. The third-order valence-electron chi connectivity index (χ3n) is 3.69. The van der Waals surface area contributed by atoms with Crippen LogP contribution in [0, 0.1) is 0 Å². The average Bonchev–Trinajstić information content (AvgIpc) is 3.04. The second kappa shape index (κ2) is 8.23. The molecule has 0 aliphatic rings. The van der Waals surface area contributed by atoms with Gasteiger partial charge in [0.05, 0.1) is 16.9 Å². The first-order valence-corrected chi connectivity index (χ1v) is 9.19. The lowest BCUT2D eigenvalue weighted by atomic mass is 10.2. The molecule has 0 aliphatic carbocycles. The van der Waals surface area contributed by atoms with Crippen molar-refractivity contribution in [2.75, 3.05) is 5.32 Å². The van der Waals surface area contributed by atoms with Crippen LogP contribution in [0.25, 0.3) is 0 Å². The molecule has 3 aromatic rings. The van der Waals surface area contributed by atoms with Gasteiger partial charge in [-0.2, -0.15) is 5.10 Å². The molecule has 128 valence electrons. The van der Waals surface area contributed by atoms with E-state index in [2.05, 4.69) is 10.4 Å². The van der Waals surface area contributed by atoms with Gasteiger partial charge < -0.3 is 5.32 Å². The number of nitrogens with zero attached hydrogens (tertiary/aromatic N) is 2. The first-order valence-electron chi connectivity index (χ1n) is 8.00. The number of aromatic nitrogens is 2. The van der Waals surface area contributed by atoms with Crippen molar-refractivity contribution < 1.29 is 4.79 Å². The van der Waals surface area contributed by atoms with Gasteiger partial charge in [0.25, 0.3) is 0 Å². The summed E-state index contributed by atoms with van der Waals surface area (Å²) in [7, 11) is 0. The monoisotopic (exact) mass is 371 g/mol. The zero-order valence-corrected chi connectivity index (χ0v) is 15.3. The zero-order chi connectivity index (χ0) is 17.6. The van der Waals surface area contributed by atoms with Crippen LogP contribution in [-0.2, 0) is 4.79 Å². The summed E-state index contributed by atoms with van der Waals surface area (Å²) in [5.41, 5.74) is 0.790. The standard InChI is InChI=1S/C19H18ClN3OS/c1-2-17(23-13-14(20)12-21-23)19(24)22-16-10-6-7-11-18(16)25-15-8-4-3-5-9-15/h3-13,17H,2H2,1H3,(H,22,24). The third-order valence-corrected chi connectivity index (χ3v) is 4.97. The lowest BCUT2D eigenvalue weighted by molar-refractivity contribution is -0.119. The van der Waals surface area contributed by atoms with Gasteiger partial charge in [0.15, 0.2) is 0 Å². The van der Waals surface area contributed by atoms with Crippen molar-refractivity contribution >= 4 is 35.0 Å². The van der Waals surface area contributed by atoms with Crippen LogP contribution in [-0.4, -0.2) is 15.7 Å². The summed E-state index contributed by atoms with van der Waals surface area (Å²) in [6, 6.07) is 17.5. The number of carbonyl (C=O) groups is 1. The Morgan fingerprint density at radius 3 is 2.60 bits per heavy atom. The number of rotatable bonds is 6. The fourth-order valence-electron chi connectivity index (χ4n) is 2.47. The first kappa shape index (κ1) is 17.6. The van der Waals surface area contributed by atoms with Crippen LogP contribution in [0.5, 0.6) is 0 Å². The Labute approximate surface area is 156 Å². The lowest BCUT2D eigenvalue weighted by Crippen LogP contribution is -2.26. The predicted octanol–water partition coefficient (Wildman–Crippen LogP) is 5.28. The second-order valence-electron chi connectivity index (χ2n) is 5.46. The van der Waals surface area contributed by atoms with E-state index in [0.29, 0.717) is 11.4 Å². The molecule has 0 saturated carbocycles. The highest BCUT2D eigenvalue weighted by Gasteiger charge is 2.20. The van der Waals surface area contributed by atoms with Gasteiger partial charge in [0.1, 0.15) is 6.04 Å². The number of para-hydroxylation sites is 1. The summed E-state index contributed by atoms with van der Waals surface area (Å²) in [4.78, 5) is 14.8. The summed E-state index contributed by atoms with van der Waals surface area (Å²) >= 11 is 7.54. The van der Waals surface area contributed by atoms with Gasteiger partial charge in [0, 0.05) is 16.0 Å². The molecule has 25 heavy (non-hydrogen) atoms. The maximum absolute atomic E-state index is 12.7. The molecule has 3 rings (SSSR count). The quantitative estimate of drug-likeness (QED) is 0.641. The van der Waals surface area contributed by atoms with Gasteiger partial charge in [-0.15, -0.1) is 0 Å². The normalized spacial score (nSPS) is 11.9. The van der Waals surface area contributed by atoms with Crippen molar-refractivity contribution in [2.24, 2.45) is 0 Å². The minimum absolute atomic E-state index is 0.108. The average molecular weight is 372 g/mol. The van der Waals surface area contributed by atoms with E-state index in [4.69, 9.17) is 11.6 Å². The van der Waals surface area contributed by atoms with E-state index < -0.39 is 6.04 Å². The number of nitrogens with one attached hydrogen (secondary N) is 1. The molecule has 0 radical (unpaired) electrons. The number of anilines is 1. The van der Waals surface area contributed by atoms with Crippen molar-refractivity contribution in [3.63, 3.8) is 0 Å². The van der Waals surface area contributed by atoms with Crippen molar-refractivity contribution in [1.82, 2.24) is 9.78 Å². The molecule has 0 aliphatic heterocycles. The van der Waals surface area contributed by atoms with Crippen molar-refractivity contribution in [3.05, 3.63) is 72.0 Å². The zero-order valence-electron chi connectivity index (χ0n) is 13.7. The highest BCUT2D eigenvalue weighted by atomic mass is 35.5. The third kappa shape index (κ3) is 4.44. The van der Waals surface area contributed by atoms with Crippen molar-refractivity contribution in [1.29, 1.82) is 0 Å². The van der Waals surface area contributed by atoms with E-state index in [1.165, 1.54) is 6.20 Å². The van der Waals surface area contributed by atoms with Crippen LogP contribution in [0.1, 0.15) is 19.4 Å². The minimum Gasteiger partial charge on any atom is -0.323 e. The summed E-state index contributed by atoms with van der Waals surface area (Å²) < 4.78 is 1.60. The number of hydrogen-bond acceptors (Lipinski definition) is 3. The minimum atomic E-state index is -0.401. The number of benzene rings is 2. The smallest absolute Gasteiger partial charge is 0.249 e. The Bertz CT molecular complexity index is 851. The Morgan fingerprint density at radius 2 is 1.92 bits per heavy atom. The molecule has 0 fully saturated rings. The molecule has 1 heterocycles. The van der Waals surface area contributed by atoms with Crippen LogP contribution in [0.15, 0.2) is 76.8 Å². The molecule has 4 nitrogen and oxygen atoms in total. The summed E-state index contributed by atoms with van der Waals surface area (Å²) in [6.07, 6.45) is 3.83. The Kier molecular flexibility index (Phi) is 5.79. The van der Waals surface area contributed by atoms with Crippen LogP contribution in [0.2, 0.25) is 5.02 Å². The number of halogens is 1. The van der Waals surface area contributed by atoms with E-state index in [0.717, 1.165) is 15.5 Å². The van der Waals surface area contributed by atoms with Gasteiger partial charge in [0.2, 0.25) is 5.91 Å². The van der Waals surface area contributed by atoms with Crippen molar-refractivity contribution in [3.8, 4) is 0 Å². The van der Waals surface area contributed by atoms with Gasteiger partial charge in [-0.25, -0.2) is 0 Å². The second-order valence-corrected chi connectivity index (χ2v) is 7.01. The molecule has 1 atom stereocenters. The molecular formula is C19H18ClN3OS. The number of amides is 1. The van der Waals surface area contributed by atoms with Crippen LogP contribution in [0.4, 0.5) is 5.69 Å². The summed E-state index contributed by atoms with van der Waals surface area (Å²) in [5.74, 6) is -0.108. The summed E-state index contributed by atoms with van der Waals surface area (Å²) in [5, 5.41) is 7.70. The van der Waals surface area contributed by atoms with Crippen LogP contribution < -0.4 is 5.32 Å². The maximum atomic E-state index is 12.7. The van der Waals surface area contributed by atoms with E-state index in [1.54, 1.807) is 22.6 Å². The molecule has 1 amide bonds. The van der Waals surface area contributed by atoms with Gasteiger partial charge in [-0.1, -0.05) is 60.6 Å². The maximum Gasteiger partial charge on any atom is 0.249 e. The Morgan fingerprint density at radius 1 is 1.20 bits per heavy atom. The fourth-order valence-corrected chi connectivity index (χ4v) is 3.53. The molecule has 2 aromatic carbocycles. The SMILES string of the molecule is CCC(C(=O)Nc1ccccc1Sc1ccccc1)n1cc(Cl)cn1. The molecular weight excluding hydrogens is 354 g/mol. The van der Waals surface area contributed by atoms with Gasteiger partial charge in [-0.05, 0) is 30.7 Å². The highest BCUT2D eigenvalue weighted by molar-refractivity contribution is 7.99. The molecule has 1 aromatic heterocycles. The molecule has 0 saturated heterocycles.